The van der Waals surface area contributed by atoms with Gasteiger partial charge in [-0.15, -0.1) is 11.8 Å². The third-order valence-corrected chi connectivity index (χ3v) is 5.51. The van der Waals surface area contributed by atoms with Gasteiger partial charge in [0.25, 0.3) is 0 Å². The molecule has 2 rings (SSSR count). The molecular formula is C14H19BrN2OS. The van der Waals surface area contributed by atoms with Gasteiger partial charge in [-0.2, -0.15) is 0 Å². The van der Waals surface area contributed by atoms with Crippen LogP contribution in [0.3, 0.4) is 0 Å². The highest BCUT2D eigenvalue weighted by Gasteiger charge is 2.40. The van der Waals surface area contributed by atoms with E-state index in [4.69, 9.17) is 5.73 Å². The van der Waals surface area contributed by atoms with Gasteiger partial charge in [0.1, 0.15) is 0 Å². The van der Waals surface area contributed by atoms with E-state index in [2.05, 4.69) is 33.4 Å². The van der Waals surface area contributed by atoms with Gasteiger partial charge in [-0.05, 0) is 50.9 Å². The zero-order valence-corrected chi connectivity index (χ0v) is 13.4. The average molecular weight is 343 g/mol. The Morgan fingerprint density at radius 1 is 1.58 bits per heavy atom. The lowest BCUT2D eigenvalue weighted by Crippen LogP contribution is -2.57. The highest BCUT2D eigenvalue weighted by Crippen LogP contribution is 2.38. The van der Waals surface area contributed by atoms with Crippen molar-refractivity contribution in [2.24, 2.45) is 5.73 Å². The number of nitrogens with two attached hydrogens (primary N) is 1. The van der Waals surface area contributed by atoms with Gasteiger partial charge in [0.2, 0.25) is 5.91 Å². The van der Waals surface area contributed by atoms with Gasteiger partial charge in [0, 0.05) is 14.6 Å². The normalized spacial score (nSPS) is 27.2. The minimum absolute atomic E-state index is 0.227. The van der Waals surface area contributed by atoms with E-state index >= 15 is 0 Å². The second-order valence-electron chi connectivity index (χ2n) is 4.99. The van der Waals surface area contributed by atoms with Gasteiger partial charge in [-0.25, -0.2) is 0 Å². The Balaban J connectivity index is 2.07. The Bertz CT molecular complexity index is 469. The highest BCUT2D eigenvalue weighted by atomic mass is 79.9. The van der Waals surface area contributed by atoms with Crippen LogP contribution in [0.15, 0.2) is 33.6 Å². The van der Waals surface area contributed by atoms with E-state index in [1.54, 1.807) is 0 Å². The second-order valence-corrected chi connectivity index (χ2v) is 7.28. The Hall–Kier alpha value is -0.520. The summed E-state index contributed by atoms with van der Waals surface area (Å²) in [5.41, 5.74) is 5.05. The van der Waals surface area contributed by atoms with Crippen molar-refractivity contribution in [1.29, 1.82) is 0 Å². The summed E-state index contributed by atoms with van der Waals surface area (Å²) in [7, 11) is 1.83. The molecule has 0 aromatic heterocycles. The predicted octanol–water partition coefficient (Wildman–Crippen LogP) is 2.93. The summed E-state index contributed by atoms with van der Waals surface area (Å²) >= 11 is 5.32. The maximum absolute atomic E-state index is 11.7. The molecule has 0 saturated heterocycles. The van der Waals surface area contributed by atoms with Crippen molar-refractivity contribution in [1.82, 2.24) is 5.32 Å². The smallest absolute Gasteiger partial charge is 0.237 e. The first kappa shape index (κ1) is 14.9. The summed E-state index contributed by atoms with van der Waals surface area (Å²) in [5.74, 6) is -0.227. The molecular weight excluding hydrogens is 324 g/mol. The molecule has 0 heterocycles. The van der Waals surface area contributed by atoms with Crippen LogP contribution in [0, 0.1) is 0 Å². The first-order valence-corrected chi connectivity index (χ1v) is 8.14. The molecule has 0 radical (unpaired) electrons. The van der Waals surface area contributed by atoms with Gasteiger partial charge >= 0.3 is 0 Å². The molecule has 0 spiro atoms. The fourth-order valence-corrected chi connectivity index (χ4v) is 4.57. The van der Waals surface area contributed by atoms with Gasteiger partial charge in [0.15, 0.2) is 0 Å². The second kappa shape index (κ2) is 6.29. The third-order valence-electron chi connectivity index (χ3n) is 3.75. The van der Waals surface area contributed by atoms with E-state index in [0.717, 1.165) is 30.2 Å². The minimum Gasteiger partial charge on any atom is -0.368 e. The lowest BCUT2D eigenvalue weighted by Gasteiger charge is -2.38. The number of benzene rings is 1. The van der Waals surface area contributed by atoms with E-state index < -0.39 is 5.54 Å². The van der Waals surface area contributed by atoms with Gasteiger partial charge < -0.3 is 11.1 Å². The standard InChI is InChI=1S/C14H19BrN2OS/c1-17-14(13(16)18)7-3-6-12(9-14)19-11-5-2-4-10(15)8-11/h2,4-5,8,12,17H,3,6-7,9H2,1H3,(H2,16,18). The Kier molecular flexibility index (Phi) is 4.92. The number of carbonyl (C=O) groups excluding carboxylic acids is 1. The van der Waals surface area contributed by atoms with Crippen LogP contribution in [0.4, 0.5) is 0 Å². The number of hydrogen-bond donors (Lipinski definition) is 2. The molecule has 1 fully saturated rings. The van der Waals surface area contributed by atoms with E-state index in [1.807, 2.05) is 30.9 Å². The molecule has 1 saturated carbocycles. The van der Waals surface area contributed by atoms with Crippen molar-refractivity contribution in [3.8, 4) is 0 Å². The zero-order valence-electron chi connectivity index (χ0n) is 11.0. The van der Waals surface area contributed by atoms with E-state index in [1.165, 1.54) is 4.90 Å². The van der Waals surface area contributed by atoms with Crippen molar-refractivity contribution in [3.05, 3.63) is 28.7 Å². The predicted molar refractivity (Wildman–Crippen MR) is 83.2 cm³/mol. The van der Waals surface area contributed by atoms with Crippen LogP contribution in [-0.2, 0) is 4.79 Å². The number of nitrogens with one attached hydrogen (secondary N) is 1. The molecule has 19 heavy (non-hydrogen) atoms. The topological polar surface area (TPSA) is 55.1 Å². The summed E-state index contributed by atoms with van der Waals surface area (Å²) in [5, 5.41) is 3.58. The number of carbonyl (C=O) groups is 1. The molecule has 3 nitrogen and oxygen atoms in total. The molecule has 3 N–H and O–H groups in total. The Morgan fingerprint density at radius 2 is 2.37 bits per heavy atom. The van der Waals surface area contributed by atoms with Crippen molar-refractivity contribution in [3.63, 3.8) is 0 Å². The number of rotatable bonds is 4. The maximum Gasteiger partial charge on any atom is 0.237 e. The molecule has 5 heteroatoms. The Morgan fingerprint density at radius 3 is 3.00 bits per heavy atom. The van der Waals surface area contributed by atoms with Crippen LogP contribution in [0.2, 0.25) is 0 Å². The first-order valence-electron chi connectivity index (χ1n) is 6.47. The fraction of sp³-hybridized carbons (Fsp3) is 0.500. The third kappa shape index (κ3) is 3.52. The molecule has 1 aliphatic rings. The zero-order chi connectivity index (χ0) is 13.9. The number of amides is 1. The van der Waals surface area contributed by atoms with E-state index in [9.17, 15) is 4.79 Å². The van der Waals surface area contributed by atoms with Crippen molar-refractivity contribution in [2.75, 3.05) is 7.05 Å². The molecule has 1 amide bonds. The summed E-state index contributed by atoms with van der Waals surface area (Å²) in [4.78, 5) is 12.9. The maximum atomic E-state index is 11.7. The quantitative estimate of drug-likeness (QED) is 0.884. The van der Waals surface area contributed by atoms with Crippen LogP contribution in [0.5, 0.6) is 0 Å². The number of likely N-dealkylation sites (N-methyl/N-ethyl adjacent to an activating group) is 1. The molecule has 1 aromatic carbocycles. The van der Waals surface area contributed by atoms with E-state index in [0.29, 0.717) is 5.25 Å². The van der Waals surface area contributed by atoms with Crippen LogP contribution in [0.25, 0.3) is 0 Å². The molecule has 0 aliphatic heterocycles. The fourth-order valence-electron chi connectivity index (χ4n) is 2.63. The lowest BCUT2D eigenvalue weighted by molar-refractivity contribution is -0.125. The Labute approximate surface area is 126 Å². The summed E-state index contributed by atoms with van der Waals surface area (Å²) in [6.07, 6.45) is 3.81. The lowest BCUT2D eigenvalue weighted by atomic mass is 9.81. The number of primary amides is 1. The molecule has 0 bridgehead atoms. The van der Waals surface area contributed by atoms with Gasteiger partial charge in [0.05, 0.1) is 5.54 Å². The van der Waals surface area contributed by atoms with Crippen molar-refractivity contribution >= 4 is 33.6 Å². The molecule has 2 atom stereocenters. The number of thioether (sulfide) groups is 1. The van der Waals surface area contributed by atoms with Gasteiger partial charge in [-0.1, -0.05) is 22.0 Å². The highest BCUT2D eigenvalue weighted by molar-refractivity contribution is 9.10. The SMILES string of the molecule is CNC1(C(N)=O)CCCC(Sc2cccc(Br)c2)C1. The molecule has 1 aromatic rings. The van der Waals surface area contributed by atoms with Crippen LogP contribution >= 0.6 is 27.7 Å². The van der Waals surface area contributed by atoms with E-state index in [-0.39, 0.29) is 5.91 Å². The summed E-state index contributed by atoms with van der Waals surface area (Å²) in [6, 6.07) is 8.28. The van der Waals surface area contributed by atoms with Crippen molar-refractivity contribution in [2.45, 2.75) is 41.4 Å². The number of halogens is 1. The van der Waals surface area contributed by atoms with Crippen LogP contribution in [0.1, 0.15) is 25.7 Å². The molecule has 2 unspecified atom stereocenters. The van der Waals surface area contributed by atoms with Crippen LogP contribution in [-0.4, -0.2) is 23.7 Å². The van der Waals surface area contributed by atoms with Crippen molar-refractivity contribution < 1.29 is 4.79 Å². The molecule has 1 aliphatic carbocycles. The van der Waals surface area contributed by atoms with Crippen LogP contribution < -0.4 is 11.1 Å². The molecule has 104 valence electrons. The summed E-state index contributed by atoms with van der Waals surface area (Å²) < 4.78 is 1.09. The summed E-state index contributed by atoms with van der Waals surface area (Å²) in [6.45, 7) is 0. The average Bonchev–Trinajstić information content (AvgIpc) is 2.38. The monoisotopic (exact) mass is 342 g/mol. The first-order chi connectivity index (χ1) is 9.05. The minimum atomic E-state index is -0.526. The van der Waals surface area contributed by atoms with Gasteiger partial charge in [-0.3, -0.25) is 4.79 Å². The number of hydrogen-bond acceptors (Lipinski definition) is 3. The largest absolute Gasteiger partial charge is 0.368 e.